The van der Waals surface area contributed by atoms with Gasteiger partial charge in [-0.15, -0.1) is 0 Å². The Balaban J connectivity index is 1.72. The molecule has 0 aromatic carbocycles. The second kappa shape index (κ2) is 4.25. The molecule has 3 unspecified atom stereocenters. The molecule has 0 aromatic heterocycles. The summed E-state index contributed by atoms with van der Waals surface area (Å²) in [4.78, 5) is 0. The fraction of sp³-hybridized carbons (Fsp3) is 0.818. The first kappa shape index (κ1) is 9.22. The second-order valence-corrected chi connectivity index (χ2v) is 4.20. The third kappa shape index (κ3) is 2.55. The molecule has 1 saturated heterocycles. The smallest absolute Gasteiger partial charge is 0.0623 e. The van der Waals surface area contributed by atoms with E-state index in [4.69, 9.17) is 4.74 Å². The van der Waals surface area contributed by atoms with Crippen LogP contribution in [0.25, 0.3) is 0 Å². The molecule has 13 heavy (non-hydrogen) atoms. The van der Waals surface area contributed by atoms with Crippen molar-refractivity contribution < 1.29 is 4.74 Å². The minimum absolute atomic E-state index is 0.470. The molecule has 0 amide bonds. The summed E-state index contributed by atoms with van der Waals surface area (Å²) in [6, 6.07) is 1.20. The Kier molecular flexibility index (Phi) is 3.01. The zero-order chi connectivity index (χ0) is 9.10. The van der Waals surface area contributed by atoms with Crippen LogP contribution in [-0.2, 0) is 4.74 Å². The van der Waals surface area contributed by atoms with Crippen molar-refractivity contribution in [3.8, 4) is 0 Å². The van der Waals surface area contributed by atoms with Crippen molar-refractivity contribution in [1.29, 1.82) is 0 Å². The summed E-state index contributed by atoms with van der Waals surface area (Å²) in [5.74, 6) is 0. The molecular weight excluding hydrogens is 162 g/mol. The maximum Gasteiger partial charge on any atom is 0.0623 e. The first-order valence-corrected chi connectivity index (χ1v) is 5.39. The molecule has 1 heterocycles. The van der Waals surface area contributed by atoms with Crippen molar-refractivity contribution in [3.05, 3.63) is 12.2 Å². The minimum Gasteiger partial charge on any atom is -0.377 e. The van der Waals surface area contributed by atoms with Gasteiger partial charge in [0.15, 0.2) is 0 Å². The average Bonchev–Trinajstić information content (AvgIpc) is 2.62. The number of allylic oxidation sites excluding steroid dienone is 1. The molecule has 1 aliphatic carbocycles. The summed E-state index contributed by atoms with van der Waals surface area (Å²) >= 11 is 0. The first-order chi connectivity index (χ1) is 6.34. The second-order valence-electron chi connectivity index (χ2n) is 4.20. The third-order valence-electron chi connectivity index (χ3n) is 2.97. The van der Waals surface area contributed by atoms with Gasteiger partial charge in [0.25, 0.3) is 0 Å². The van der Waals surface area contributed by atoms with E-state index >= 15 is 0 Å². The molecule has 0 spiro atoms. The Bertz CT molecular complexity index is 183. The van der Waals surface area contributed by atoms with Gasteiger partial charge in [-0.05, 0) is 32.6 Å². The van der Waals surface area contributed by atoms with Crippen molar-refractivity contribution in [3.63, 3.8) is 0 Å². The van der Waals surface area contributed by atoms with E-state index in [9.17, 15) is 0 Å². The Hall–Kier alpha value is -0.340. The van der Waals surface area contributed by atoms with Crippen LogP contribution < -0.4 is 5.32 Å². The normalized spacial score (nSPS) is 39.6. The maximum atomic E-state index is 5.61. The maximum absolute atomic E-state index is 5.61. The highest BCUT2D eigenvalue weighted by atomic mass is 16.5. The summed E-state index contributed by atoms with van der Waals surface area (Å²) < 4.78 is 5.61. The van der Waals surface area contributed by atoms with Crippen LogP contribution in [0, 0.1) is 0 Å². The summed E-state index contributed by atoms with van der Waals surface area (Å²) in [7, 11) is 0. The molecule has 0 aromatic rings. The Labute approximate surface area is 80.4 Å². The van der Waals surface area contributed by atoms with E-state index < -0.39 is 0 Å². The van der Waals surface area contributed by atoms with Crippen LogP contribution in [-0.4, -0.2) is 24.8 Å². The molecule has 74 valence electrons. The molecule has 2 aliphatic rings. The zero-order valence-corrected chi connectivity index (χ0v) is 8.33. The van der Waals surface area contributed by atoms with E-state index in [-0.39, 0.29) is 0 Å². The molecule has 2 heteroatoms. The topological polar surface area (TPSA) is 21.3 Å². The van der Waals surface area contributed by atoms with Crippen LogP contribution >= 0.6 is 0 Å². The number of ether oxygens (including phenoxy) is 1. The van der Waals surface area contributed by atoms with Gasteiger partial charge in [-0.3, -0.25) is 0 Å². The van der Waals surface area contributed by atoms with Gasteiger partial charge in [-0.1, -0.05) is 12.2 Å². The quantitative estimate of drug-likeness (QED) is 0.657. The largest absolute Gasteiger partial charge is 0.377 e. The Morgan fingerprint density at radius 1 is 1.31 bits per heavy atom. The number of rotatable bonds is 2. The van der Waals surface area contributed by atoms with Gasteiger partial charge in [0.1, 0.15) is 0 Å². The van der Waals surface area contributed by atoms with E-state index in [2.05, 4.69) is 24.4 Å². The van der Waals surface area contributed by atoms with E-state index in [1.54, 1.807) is 0 Å². The zero-order valence-electron chi connectivity index (χ0n) is 8.33. The lowest BCUT2D eigenvalue weighted by Crippen LogP contribution is -2.43. The van der Waals surface area contributed by atoms with Crippen LogP contribution in [0.2, 0.25) is 0 Å². The van der Waals surface area contributed by atoms with E-state index in [0.717, 1.165) is 6.61 Å². The molecule has 2 nitrogen and oxygen atoms in total. The number of hydrogen-bond donors (Lipinski definition) is 1. The predicted octanol–water partition coefficient (Wildman–Crippen LogP) is 1.86. The SMILES string of the molecule is CC1CCC(NC2C=CCC2)CO1. The van der Waals surface area contributed by atoms with Gasteiger partial charge in [0.05, 0.1) is 12.7 Å². The molecule has 1 N–H and O–H groups in total. The van der Waals surface area contributed by atoms with Gasteiger partial charge >= 0.3 is 0 Å². The van der Waals surface area contributed by atoms with Crippen LogP contribution in [0.3, 0.4) is 0 Å². The van der Waals surface area contributed by atoms with Gasteiger partial charge in [-0.25, -0.2) is 0 Å². The van der Waals surface area contributed by atoms with Crippen molar-refractivity contribution in [2.45, 2.75) is 50.8 Å². The number of nitrogens with one attached hydrogen (secondary N) is 1. The lowest BCUT2D eigenvalue weighted by atomic mass is 10.0. The molecule has 1 fully saturated rings. The van der Waals surface area contributed by atoms with Crippen molar-refractivity contribution in [2.24, 2.45) is 0 Å². The highest BCUT2D eigenvalue weighted by Crippen LogP contribution is 2.16. The lowest BCUT2D eigenvalue weighted by Gasteiger charge is -2.29. The molecule has 0 saturated carbocycles. The summed E-state index contributed by atoms with van der Waals surface area (Å²) in [6.07, 6.45) is 10.0. The molecule has 2 rings (SSSR count). The lowest BCUT2D eigenvalue weighted by molar-refractivity contribution is 0.00717. The fourth-order valence-corrected chi connectivity index (χ4v) is 2.09. The van der Waals surface area contributed by atoms with Crippen molar-refractivity contribution in [1.82, 2.24) is 5.32 Å². The predicted molar refractivity (Wildman–Crippen MR) is 53.7 cm³/mol. The Morgan fingerprint density at radius 3 is 2.85 bits per heavy atom. The third-order valence-corrected chi connectivity index (χ3v) is 2.97. The summed E-state index contributed by atoms with van der Waals surface area (Å²) in [5.41, 5.74) is 0. The molecular formula is C11H19NO. The van der Waals surface area contributed by atoms with Gasteiger partial charge in [-0.2, -0.15) is 0 Å². The van der Waals surface area contributed by atoms with E-state index in [1.807, 2.05) is 0 Å². The molecule has 3 atom stereocenters. The highest BCUT2D eigenvalue weighted by Gasteiger charge is 2.21. The van der Waals surface area contributed by atoms with Crippen LogP contribution in [0.15, 0.2) is 12.2 Å². The van der Waals surface area contributed by atoms with E-state index in [0.29, 0.717) is 18.2 Å². The van der Waals surface area contributed by atoms with Gasteiger partial charge in [0, 0.05) is 12.1 Å². The van der Waals surface area contributed by atoms with Crippen molar-refractivity contribution in [2.75, 3.05) is 6.61 Å². The van der Waals surface area contributed by atoms with Crippen LogP contribution in [0.1, 0.15) is 32.6 Å². The Morgan fingerprint density at radius 2 is 2.23 bits per heavy atom. The van der Waals surface area contributed by atoms with E-state index in [1.165, 1.54) is 25.7 Å². The minimum atomic E-state index is 0.470. The van der Waals surface area contributed by atoms with Crippen LogP contribution in [0.4, 0.5) is 0 Å². The average molecular weight is 181 g/mol. The highest BCUT2D eigenvalue weighted by molar-refractivity contribution is 5.01. The molecule has 0 radical (unpaired) electrons. The monoisotopic (exact) mass is 181 g/mol. The van der Waals surface area contributed by atoms with Crippen LogP contribution in [0.5, 0.6) is 0 Å². The first-order valence-electron chi connectivity index (χ1n) is 5.39. The van der Waals surface area contributed by atoms with Gasteiger partial charge < -0.3 is 10.1 Å². The molecule has 1 aliphatic heterocycles. The fourth-order valence-electron chi connectivity index (χ4n) is 2.09. The number of hydrogen-bond acceptors (Lipinski definition) is 2. The molecule has 0 bridgehead atoms. The summed E-state index contributed by atoms with van der Waals surface area (Å²) in [5, 5.41) is 3.63. The summed E-state index contributed by atoms with van der Waals surface area (Å²) in [6.45, 7) is 3.05. The van der Waals surface area contributed by atoms with Crippen molar-refractivity contribution >= 4 is 0 Å². The standard InChI is InChI=1S/C11H19NO/c1-9-6-7-11(8-13-9)12-10-4-2-3-5-10/h2,4,9-12H,3,5-8H2,1H3. The van der Waals surface area contributed by atoms with Gasteiger partial charge in [0.2, 0.25) is 0 Å².